The van der Waals surface area contributed by atoms with Crippen molar-refractivity contribution >= 4 is 11.6 Å². The zero-order chi connectivity index (χ0) is 13.9. The number of ether oxygens (including phenoxy) is 2. The molecule has 0 saturated heterocycles. The third kappa shape index (κ3) is 3.77. The van der Waals surface area contributed by atoms with Gasteiger partial charge in [0.05, 0.1) is 5.02 Å². The van der Waals surface area contributed by atoms with Gasteiger partial charge in [-0.25, -0.2) is 0 Å². The minimum absolute atomic E-state index is 0.317. The standard InChI is InChI=1S/C15H22ClNO2/c1-4-15(2,3)10-17-9-11-7-12(16)14-13(8-11)18-5-6-19-14/h7-8,17H,4-6,9-10H2,1-3H3. The second kappa shape index (κ2) is 6.02. The molecular weight excluding hydrogens is 262 g/mol. The largest absolute Gasteiger partial charge is 0.486 e. The monoisotopic (exact) mass is 283 g/mol. The molecule has 0 spiro atoms. The summed E-state index contributed by atoms with van der Waals surface area (Å²) in [6, 6.07) is 3.95. The van der Waals surface area contributed by atoms with Gasteiger partial charge in [-0.15, -0.1) is 0 Å². The van der Waals surface area contributed by atoms with E-state index in [0.29, 0.717) is 29.4 Å². The van der Waals surface area contributed by atoms with Gasteiger partial charge in [0, 0.05) is 13.1 Å². The van der Waals surface area contributed by atoms with Gasteiger partial charge in [-0.3, -0.25) is 0 Å². The first-order valence-corrected chi connectivity index (χ1v) is 7.18. The smallest absolute Gasteiger partial charge is 0.179 e. The van der Waals surface area contributed by atoms with Crippen molar-refractivity contribution in [2.24, 2.45) is 5.41 Å². The molecule has 1 N–H and O–H groups in total. The molecule has 0 amide bonds. The zero-order valence-electron chi connectivity index (χ0n) is 11.9. The first kappa shape index (κ1) is 14.5. The van der Waals surface area contributed by atoms with Gasteiger partial charge in [0.15, 0.2) is 11.5 Å². The lowest BCUT2D eigenvalue weighted by Crippen LogP contribution is -2.28. The molecule has 0 bridgehead atoms. The Morgan fingerprint density at radius 2 is 2.00 bits per heavy atom. The molecule has 1 aromatic carbocycles. The number of hydrogen-bond acceptors (Lipinski definition) is 3. The number of hydrogen-bond donors (Lipinski definition) is 1. The van der Waals surface area contributed by atoms with Gasteiger partial charge in [0.25, 0.3) is 0 Å². The fourth-order valence-electron chi connectivity index (χ4n) is 1.94. The maximum Gasteiger partial charge on any atom is 0.179 e. The van der Waals surface area contributed by atoms with Crippen molar-refractivity contribution in [3.8, 4) is 11.5 Å². The minimum Gasteiger partial charge on any atom is -0.486 e. The number of nitrogens with one attached hydrogen (secondary N) is 1. The van der Waals surface area contributed by atoms with Crippen LogP contribution in [-0.4, -0.2) is 19.8 Å². The van der Waals surface area contributed by atoms with Crippen molar-refractivity contribution in [1.82, 2.24) is 5.32 Å². The molecule has 1 heterocycles. The lowest BCUT2D eigenvalue weighted by Gasteiger charge is -2.24. The number of rotatable bonds is 5. The highest BCUT2D eigenvalue weighted by Crippen LogP contribution is 2.38. The van der Waals surface area contributed by atoms with Gasteiger partial charge in [0.1, 0.15) is 13.2 Å². The number of benzene rings is 1. The topological polar surface area (TPSA) is 30.5 Å². The molecular formula is C15H22ClNO2. The average Bonchev–Trinajstić information content (AvgIpc) is 2.39. The van der Waals surface area contributed by atoms with Crippen molar-refractivity contribution in [2.45, 2.75) is 33.7 Å². The summed E-state index contributed by atoms with van der Waals surface area (Å²) >= 11 is 6.21. The fourth-order valence-corrected chi connectivity index (χ4v) is 2.22. The third-order valence-electron chi connectivity index (χ3n) is 3.55. The second-order valence-electron chi connectivity index (χ2n) is 5.72. The van der Waals surface area contributed by atoms with E-state index in [0.717, 1.165) is 30.8 Å². The highest BCUT2D eigenvalue weighted by molar-refractivity contribution is 6.32. The molecule has 1 aromatic rings. The van der Waals surface area contributed by atoms with Crippen LogP contribution in [0.25, 0.3) is 0 Å². The lowest BCUT2D eigenvalue weighted by atomic mass is 9.90. The summed E-state index contributed by atoms with van der Waals surface area (Å²) in [7, 11) is 0. The van der Waals surface area contributed by atoms with E-state index in [2.05, 4.69) is 26.1 Å². The SMILES string of the molecule is CCC(C)(C)CNCc1cc(Cl)c2c(c1)OCCO2. The van der Waals surface area contributed by atoms with E-state index < -0.39 is 0 Å². The van der Waals surface area contributed by atoms with Crippen LogP contribution in [0.3, 0.4) is 0 Å². The van der Waals surface area contributed by atoms with Crippen LogP contribution in [0.4, 0.5) is 0 Å². The Bertz CT molecular complexity index is 446. The van der Waals surface area contributed by atoms with Gasteiger partial charge < -0.3 is 14.8 Å². The van der Waals surface area contributed by atoms with Crippen LogP contribution in [0.1, 0.15) is 32.8 Å². The van der Waals surface area contributed by atoms with Crippen molar-refractivity contribution in [3.63, 3.8) is 0 Å². The van der Waals surface area contributed by atoms with Crippen LogP contribution in [-0.2, 0) is 6.54 Å². The van der Waals surface area contributed by atoms with Crippen molar-refractivity contribution in [3.05, 3.63) is 22.7 Å². The normalized spacial score (nSPS) is 14.5. The van der Waals surface area contributed by atoms with E-state index in [1.807, 2.05) is 12.1 Å². The van der Waals surface area contributed by atoms with Crippen molar-refractivity contribution in [1.29, 1.82) is 0 Å². The molecule has 0 aromatic heterocycles. The summed E-state index contributed by atoms with van der Waals surface area (Å²) in [5, 5.41) is 4.10. The molecule has 0 unspecified atom stereocenters. The molecule has 2 rings (SSSR count). The Labute approximate surface area is 120 Å². The number of halogens is 1. The summed E-state index contributed by atoms with van der Waals surface area (Å²) in [6.07, 6.45) is 1.15. The summed E-state index contributed by atoms with van der Waals surface area (Å²) in [6.45, 7) is 9.66. The maximum atomic E-state index is 6.21. The van der Waals surface area contributed by atoms with E-state index >= 15 is 0 Å². The first-order valence-electron chi connectivity index (χ1n) is 6.80. The molecule has 4 heteroatoms. The molecule has 0 fully saturated rings. The Morgan fingerprint density at radius 3 is 2.74 bits per heavy atom. The molecule has 0 radical (unpaired) electrons. The van der Waals surface area contributed by atoms with Gasteiger partial charge in [-0.05, 0) is 29.5 Å². The average molecular weight is 284 g/mol. The Hall–Kier alpha value is -0.930. The summed E-state index contributed by atoms with van der Waals surface area (Å²) in [4.78, 5) is 0. The van der Waals surface area contributed by atoms with Crippen LogP contribution in [0.2, 0.25) is 5.02 Å². The van der Waals surface area contributed by atoms with Crippen molar-refractivity contribution in [2.75, 3.05) is 19.8 Å². The van der Waals surface area contributed by atoms with Crippen molar-refractivity contribution < 1.29 is 9.47 Å². The number of fused-ring (bicyclic) bond motifs is 1. The molecule has 19 heavy (non-hydrogen) atoms. The second-order valence-corrected chi connectivity index (χ2v) is 6.13. The van der Waals surface area contributed by atoms with E-state index in [1.54, 1.807) is 0 Å². The molecule has 106 valence electrons. The zero-order valence-corrected chi connectivity index (χ0v) is 12.6. The Kier molecular flexibility index (Phi) is 4.58. The van der Waals surface area contributed by atoms with Crippen LogP contribution in [0.15, 0.2) is 12.1 Å². The van der Waals surface area contributed by atoms with E-state index in [-0.39, 0.29) is 0 Å². The highest BCUT2D eigenvalue weighted by Gasteiger charge is 2.17. The van der Waals surface area contributed by atoms with Gasteiger partial charge in [0.2, 0.25) is 0 Å². The highest BCUT2D eigenvalue weighted by atomic mass is 35.5. The molecule has 1 aliphatic heterocycles. The molecule has 0 aliphatic carbocycles. The van der Waals surface area contributed by atoms with Gasteiger partial charge >= 0.3 is 0 Å². The quantitative estimate of drug-likeness (QED) is 0.895. The summed E-state index contributed by atoms with van der Waals surface area (Å²) in [5.74, 6) is 1.43. The van der Waals surface area contributed by atoms with Gasteiger partial charge in [-0.1, -0.05) is 32.4 Å². The molecule has 0 saturated carbocycles. The summed E-state index contributed by atoms with van der Waals surface area (Å²) in [5.41, 5.74) is 1.44. The van der Waals surface area contributed by atoms with Crippen LogP contribution in [0.5, 0.6) is 11.5 Å². The maximum absolute atomic E-state index is 6.21. The first-order chi connectivity index (χ1) is 9.02. The van der Waals surface area contributed by atoms with Crippen LogP contribution >= 0.6 is 11.6 Å². The van der Waals surface area contributed by atoms with E-state index in [9.17, 15) is 0 Å². The molecule has 0 atom stereocenters. The predicted molar refractivity (Wildman–Crippen MR) is 78.2 cm³/mol. The molecule has 1 aliphatic rings. The van der Waals surface area contributed by atoms with Gasteiger partial charge in [-0.2, -0.15) is 0 Å². The lowest BCUT2D eigenvalue weighted by molar-refractivity contribution is 0.171. The fraction of sp³-hybridized carbons (Fsp3) is 0.600. The summed E-state index contributed by atoms with van der Waals surface area (Å²) < 4.78 is 11.1. The van der Waals surface area contributed by atoms with E-state index in [4.69, 9.17) is 21.1 Å². The Balaban J connectivity index is 2.00. The Morgan fingerprint density at radius 1 is 1.26 bits per heavy atom. The van der Waals surface area contributed by atoms with E-state index in [1.165, 1.54) is 0 Å². The van der Waals surface area contributed by atoms with Crippen LogP contribution in [0, 0.1) is 5.41 Å². The minimum atomic E-state index is 0.317. The van der Waals surface area contributed by atoms with Crippen LogP contribution < -0.4 is 14.8 Å². The predicted octanol–water partition coefficient (Wildman–Crippen LogP) is 3.64. The molecule has 3 nitrogen and oxygen atoms in total. The third-order valence-corrected chi connectivity index (χ3v) is 3.83.